The Hall–Kier alpha value is -1.62. The van der Waals surface area contributed by atoms with Crippen molar-refractivity contribution < 1.29 is 4.92 Å². The van der Waals surface area contributed by atoms with Crippen molar-refractivity contribution in [2.24, 2.45) is 5.92 Å². The highest BCUT2D eigenvalue weighted by atomic mass is 16.6. The van der Waals surface area contributed by atoms with E-state index in [4.69, 9.17) is 0 Å². The molecule has 5 heteroatoms. The number of aryl methyl sites for hydroxylation is 1. The van der Waals surface area contributed by atoms with Crippen LogP contribution in [0.25, 0.3) is 0 Å². The molecule has 20 heavy (non-hydrogen) atoms. The van der Waals surface area contributed by atoms with E-state index >= 15 is 0 Å². The molecule has 0 radical (unpaired) electrons. The number of nitro benzene ring substituents is 1. The monoisotopic (exact) mass is 279 g/mol. The molecule has 0 fully saturated rings. The molecule has 1 aromatic carbocycles. The van der Waals surface area contributed by atoms with Gasteiger partial charge >= 0.3 is 0 Å². The van der Waals surface area contributed by atoms with E-state index in [0.29, 0.717) is 11.6 Å². The zero-order valence-electron chi connectivity index (χ0n) is 13.0. The van der Waals surface area contributed by atoms with Crippen molar-refractivity contribution in [3.8, 4) is 0 Å². The second kappa shape index (κ2) is 7.24. The number of anilines is 1. The smallest absolute Gasteiger partial charge is 0.292 e. The number of likely N-dealkylation sites (N-methyl/N-ethyl adjacent to an activating group) is 1. The summed E-state index contributed by atoms with van der Waals surface area (Å²) in [6, 6.07) is 5.39. The van der Waals surface area contributed by atoms with Gasteiger partial charge < -0.3 is 10.2 Å². The molecule has 1 N–H and O–H groups in total. The third kappa shape index (κ3) is 5.17. The van der Waals surface area contributed by atoms with Gasteiger partial charge in [0.25, 0.3) is 5.69 Å². The summed E-state index contributed by atoms with van der Waals surface area (Å²) in [6.07, 6.45) is 0.975. The summed E-state index contributed by atoms with van der Waals surface area (Å²) >= 11 is 0. The SMILES string of the molecule is Cc1ccc([N+](=O)[O-])c(NC(CC(C)C)CN(C)C)c1. The third-order valence-corrected chi connectivity index (χ3v) is 3.05. The van der Waals surface area contributed by atoms with Crippen LogP contribution in [0.15, 0.2) is 18.2 Å². The van der Waals surface area contributed by atoms with Gasteiger partial charge in [0.05, 0.1) is 4.92 Å². The molecular weight excluding hydrogens is 254 g/mol. The third-order valence-electron chi connectivity index (χ3n) is 3.05. The van der Waals surface area contributed by atoms with Crippen LogP contribution in [0.4, 0.5) is 11.4 Å². The quantitative estimate of drug-likeness (QED) is 0.614. The number of nitro groups is 1. The van der Waals surface area contributed by atoms with Crippen molar-refractivity contribution >= 4 is 11.4 Å². The zero-order chi connectivity index (χ0) is 15.3. The molecule has 0 saturated heterocycles. The minimum atomic E-state index is -0.329. The second-order valence-corrected chi connectivity index (χ2v) is 6.01. The Kier molecular flexibility index (Phi) is 5.95. The predicted octanol–water partition coefficient (Wildman–Crippen LogP) is 3.29. The van der Waals surface area contributed by atoms with Crippen molar-refractivity contribution in [2.45, 2.75) is 33.2 Å². The van der Waals surface area contributed by atoms with Gasteiger partial charge in [0, 0.05) is 18.7 Å². The normalized spacial score (nSPS) is 12.8. The van der Waals surface area contributed by atoms with E-state index in [9.17, 15) is 10.1 Å². The van der Waals surface area contributed by atoms with Crippen LogP contribution in [-0.2, 0) is 0 Å². The summed E-state index contributed by atoms with van der Waals surface area (Å²) in [6.45, 7) is 7.12. The van der Waals surface area contributed by atoms with Crippen molar-refractivity contribution in [3.05, 3.63) is 33.9 Å². The summed E-state index contributed by atoms with van der Waals surface area (Å²) in [5, 5.41) is 14.5. The molecular formula is C15H25N3O2. The average Bonchev–Trinajstić information content (AvgIpc) is 2.26. The van der Waals surface area contributed by atoms with E-state index in [1.165, 1.54) is 0 Å². The highest BCUT2D eigenvalue weighted by Crippen LogP contribution is 2.27. The van der Waals surface area contributed by atoms with E-state index in [-0.39, 0.29) is 16.7 Å². The number of nitrogens with one attached hydrogen (secondary N) is 1. The van der Waals surface area contributed by atoms with Gasteiger partial charge in [0.2, 0.25) is 0 Å². The Bertz CT molecular complexity index is 448. The molecule has 0 bridgehead atoms. The molecule has 0 spiro atoms. The Morgan fingerprint density at radius 3 is 2.50 bits per heavy atom. The van der Waals surface area contributed by atoms with Gasteiger partial charge in [0.15, 0.2) is 0 Å². The van der Waals surface area contributed by atoms with Gasteiger partial charge in [-0.1, -0.05) is 19.9 Å². The maximum Gasteiger partial charge on any atom is 0.292 e. The number of hydrogen-bond acceptors (Lipinski definition) is 4. The molecule has 0 aromatic heterocycles. The lowest BCUT2D eigenvalue weighted by Gasteiger charge is -2.25. The van der Waals surface area contributed by atoms with Gasteiger partial charge in [-0.3, -0.25) is 10.1 Å². The van der Waals surface area contributed by atoms with Crippen LogP contribution in [-0.4, -0.2) is 36.5 Å². The zero-order valence-corrected chi connectivity index (χ0v) is 13.0. The first-order chi connectivity index (χ1) is 9.29. The van der Waals surface area contributed by atoms with Crippen molar-refractivity contribution in [2.75, 3.05) is 26.0 Å². The molecule has 0 amide bonds. The summed E-state index contributed by atoms with van der Waals surface area (Å²) in [4.78, 5) is 12.9. The Balaban J connectivity index is 2.96. The van der Waals surface area contributed by atoms with Crippen LogP contribution in [0.3, 0.4) is 0 Å². The molecule has 1 unspecified atom stereocenters. The minimum absolute atomic E-state index is 0.142. The van der Waals surface area contributed by atoms with E-state index in [1.54, 1.807) is 12.1 Å². The maximum atomic E-state index is 11.1. The van der Waals surface area contributed by atoms with Crippen LogP contribution < -0.4 is 5.32 Å². The van der Waals surface area contributed by atoms with Crippen LogP contribution in [0.1, 0.15) is 25.8 Å². The largest absolute Gasteiger partial charge is 0.375 e. The van der Waals surface area contributed by atoms with Crippen molar-refractivity contribution in [1.29, 1.82) is 0 Å². The van der Waals surface area contributed by atoms with Gasteiger partial charge in [-0.05, 0) is 45.0 Å². The fourth-order valence-corrected chi connectivity index (χ4v) is 2.33. The number of rotatable bonds is 7. The average molecular weight is 279 g/mol. The number of nitrogens with zero attached hydrogens (tertiary/aromatic N) is 2. The summed E-state index contributed by atoms with van der Waals surface area (Å²) in [5.74, 6) is 0.538. The second-order valence-electron chi connectivity index (χ2n) is 6.01. The van der Waals surface area contributed by atoms with Crippen LogP contribution in [0.5, 0.6) is 0 Å². The Morgan fingerprint density at radius 2 is 2.00 bits per heavy atom. The van der Waals surface area contributed by atoms with Crippen LogP contribution in [0, 0.1) is 23.0 Å². The molecule has 1 aromatic rings. The van der Waals surface area contributed by atoms with Crippen LogP contribution in [0.2, 0.25) is 0 Å². The molecule has 0 aliphatic carbocycles. The predicted molar refractivity (Wildman–Crippen MR) is 83.3 cm³/mol. The summed E-state index contributed by atoms with van der Waals surface area (Å²) in [7, 11) is 4.03. The van der Waals surface area contributed by atoms with Crippen molar-refractivity contribution in [3.63, 3.8) is 0 Å². The van der Waals surface area contributed by atoms with E-state index in [0.717, 1.165) is 18.5 Å². The Labute approximate surface area is 121 Å². The highest BCUT2D eigenvalue weighted by Gasteiger charge is 2.18. The molecule has 5 nitrogen and oxygen atoms in total. The maximum absolute atomic E-state index is 11.1. The molecule has 0 aliphatic heterocycles. The van der Waals surface area contributed by atoms with E-state index in [2.05, 4.69) is 24.1 Å². The van der Waals surface area contributed by atoms with E-state index < -0.39 is 0 Å². The minimum Gasteiger partial charge on any atom is -0.375 e. The molecule has 0 aliphatic rings. The highest BCUT2D eigenvalue weighted by molar-refractivity contribution is 5.63. The first-order valence-corrected chi connectivity index (χ1v) is 6.96. The van der Waals surface area contributed by atoms with E-state index in [1.807, 2.05) is 27.1 Å². The molecule has 112 valence electrons. The number of hydrogen-bond donors (Lipinski definition) is 1. The standard InChI is InChI=1S/C15H25N3O2/c1-11(2)8-13(10-17(4)5)16-14-9-12(3)6-7-15(14)18(19)20/h6-7,9,11,13,16H,8,10H2,1-5H3. The fraction of sp³-hybridized carbons (Fsp3) is 0.600. The summed E-state index contributed by atoms with van der Waals surface area (Å²) < 4.78 is 0. The molecule has 0 heterocycles. The van der Waals surface area contributed by atoms with Gasteiger partial charge in [-0.25, -0.2) is 0 Å². The molecule has 0 saturated carbocycles. The lowest BCUT2D eigenvalue weighted by Crippen LogP contribution is -2.33. The Morgan fingerprint density at radius 1 is 1.35 bits per heavy atom. The lowest BCUT2D eigenvalue weighted by atomic mass is 10.0. The lowest BCUT2D eigenvalue weighted by molar-refractivity contribution is -0.384. The van der Waals surface area contributed by atoms with Gasteiger partial charge in [0.1, 0.15) is 5.69 Å². The van der Waals surface area contributed by atoms with Gasteiger partial charge in [-0.2, -0.15) is 0 Å². The summed E-state index contributed by atoms with van der Waals surface area (Å²) in [5.41, 5.74) is 1.77. The first-order valence-electron chi connectivity index (χ1n) is 6.96. The topological polar surface area (TPSA) is 58.4 Å². The number of benzene rings is 1. The van der Waals surface area contributed by atoms with Crippen molar-refractivity contribution in [1.82, 2.24) is 4.90 Å². The molecule has 1 rings (SSSR count). The fourth-order valence-electron chi connectivity index (χ4n) is 2.33. The van der Waals surface area contributed by atoms with Crippen LogP contribution >= 0.6 is 0 Å². The molecule has 1 atom stereocenters. The van der Waals surface area contributed by atoms with Gasteiger partial charge in [-0.15, -0.1) is 0 Å². The first kappa shape index (κ1) is 16.4.